The fraction of sp³-hybridized carbons (Fsp3) is 0.0500. The lowest BCUT2D eigenvalue weighted by Gasteiger charge is -2.14. The summed E-state index contributed by atoms with van der Waals surface area (Å²) in [6, 6.07) is 17.6. The Morgan fingerprint density at radius 2 is 1.81 bits per heavy atom. The highest BCUT2D eigenvalue weighted by Crippen LogP contribution is 2.37. The van der Waals surface area contributed by atoms with Gasteiger partial charge in [0.1, 0.15) is 23.0 Å². The molecule has 0 aliphatic rings. The first kappa shape index (κ1) is 16.4. The molecule has 2 aromatic carbocycles. The smallest absolute Gasteiger partial charge is 0.143 e. The second-order valence-corrected chi connectivity index (χ2v) is 6.39. The molecule has 4 rings (SSSR count). The maximum absolute atomic E-state index is 14.5. The Labute approximate surface area is 155 Å². The van der Waals surface area contributed by atoms with Gasteiger partial charge >= 0.3 is 0 Å². The molecule has 0 spiro atoms. The Kier molecular flexibility index (Phi) is 4.01. The third-order valence-corrected chi connectivity index (χ3v) is 4.57. The zero-order valence-electron chi connectivity index (χ0n) is 14.0. The van der Waals surface area contributed by atoms with Crippen LogP contribution in [0.2, 0.25) is 5.02 Å². The van der Waals surface area contributed by atoms with Crippen LogP contribution in [0.15, 0.2) is 60.7 Å². The Morgan fingerprint density at radius 3 is 2.58 bits per heavy atom. The molecule has 0 amide bonds. The molecule has 2 aromatic heterocycles. The molecule has 0 radical (unpaired) electrons. The van der Waals surface area contributed by atoms with Gasteiger partial charge < -0.3 is 11.1 Å². The van der Waals surface area contributed by atoms with Crippen LogP contribution in [0.1, 0.15) is 5.69 Å². The minimum atomic E-state index is -0.344. The molecule has 0 aliphatic heterocycles. The van der Waals surface area contributed by atoms with Gasteiger partial charge in [-0.15, -0.1) is 0 Å². The number of nitrogens with zero attached hydrogens (tertiary/aromatic N) is 2. The fourth-order valence-corrected chi connectivity index (χ4v) is 3.23. The third-order valence-electron chi connectivity index (χ3n) is 4.26. The zero-order valence-corrected chi connectivity index (χ0v) is 14.8. The minimum Gasteiger partial charge on any atom is -0.397 e. The molecule has 3 N–H and O–H groups in total. The molecule has 0 aliphatic carbocycles. The van der Waals surface area contributed by atoms with E-state index in [1.54, 1.807) is 36.4 Å². The van der Waals surface area contributed by atoms with Crippen LogP contribution in [0.25, 0.3) is 16.9 Å². The van der Waals surface area contributed by atoms with Crippen molar-refractivity contribution in [1.29, 1.82) is 0 Å². The zero-order chi connectivity index (χ0) is 18.3. The van der Waals surface area contributed by atoms with Crippen molar-refractivity contribution in [2.24, 2.45) is 0 Å². The van der Waals surface area contributed by atoms with Crippen LogP contribution in [0.3, 0.4) is 0 Å². The number of para-hydroxylation sites is 1. The number of halogens is 2. The molecule has 0 saturated heterocycles. The van der Waals surface area contributed by atoms with Gasteiger partial charge in [0.2, 0.25) is 0 Å². The molecule has 0 unspecified atom stereocenters. The maximum Gasteiger partial charge on any atom is 0.143 e. The lowest BCUT2D eigenvalue weighted by molar-refractivity contribution is 0.631. The molecule has 4 nitrogen and oxygen atoms in total. The van der Waals surface area contributed by atoms with Crippen LogP contribution >= 0.6 is 11.6 Å². The van der Waals surface area contributed by atoms with E-state index in [1.165, 1.54) is 6.07 Å². The average Bonchev–Trinajstić information content (AvgIpc) is 2.98. The van der Waals surface area contributed by atoms with E-state index < -0.39 is 0 Å². The third kappa shape index (κ3) is 2.66. The monoisotopic (exact) mass is 366 g/mol. The maximum atomic E-state index is 14.5. The summed E-state index contributed by atoms with van der Waals surface area (Å²) in [7, 11) is 0. The number of rotatable bonds is 3. The molecule has 4 aromatic rings. The van der Waals surface area contributed by atoms with Crippen molar-refractivity contribution < 1.29 is 4.39 Å². The molecule has 6 heteroatoms. The van der Waals surface area contributed by atoms with Gasteiger partial charge in [0.15, 0.2) is 0 Å². The molecule has 130 valence electrons. The number of nitrogens with one attached hydrogen (secondary N) is 1. The SMILES string of the molecule is Cc1cccc2nc(-c3ccccc3F)c(Nc3c(N)cccc3Cl)n12. The lowest BCUT2D eigenvalue weighted by atomic mass is 10.1. The summed E-state index contributed by atoms with van der Waals surface area (Å²) in [5.41, 5.74) is 9.71. The van der Waals surface area contributed by atoms with E-state index in [9.17, 15) is 4.39 Å². The van der Waals surface area contributed by atoms with Gasteiger partial charge in [0, 0.05) is 11.3 Å². The Balaban J connectivity index is 2.00. The summed E-state index contributed by atoms with van der Waals surface area (Å²) in [6.45, 7) is 1.96. The Morgan fingerprint density at radius 1 is 1.04 bits per heavy atom. The van der Waals surface area contributed by atoms with Crippen LogP contribution in [-0.2, 0) is 0 Å². The van der Waals surface area contributed by atoms with Crippen molar-refractivity contribution in [3.8, 4) is 11.3 Å². The van der Waals surface area contributed by atoms with Crippen LogP contribution in [0.4, 0.5) is 21.6 Å². The number of aromatic nitrogens is 2. The number of benzene rings is 2. The molecule has 0 saturated carbocycles. The largest absolute Gasteiger partial charge is 0.397 e. The quantitative estimate of drug-likeness (QED) is 0.475. The summed E-state index contributed by atoms with van der Waals surface area (Å²) >= 11 is 6.32. The van der Waals surface area contributed by atoms with Crippen molar-refractivity contribution in [2.75, 3.05) is 11.1 Å². The van der Waals surface area contributed by atoms with E-state index >= 15 is 0 Å². The van der Waals surface area contributed by atoms with Gasteiger partial charge in [0.25, 0.3) is 0 Å². The van der Waals surface area contributed by atoms with Gasteiger partial charge in [-0.05, 0) is 43.3 Å². The van der Waals surface area contributed by atoms with E-state index in [0.717, 1.165) is 5.69 Å². The fourth-order valence-electron chi connectivity index (χ4n) is 3.00. The summed E-state index contributed by atoms with van der Waals surface area (Å²) in [4.78, 5) is 4.64. The second-order valence-electron chi connectivity index (χ2n) is 5.98. The van der Waals surface area contributed by atoms with Gasteiger partial charge in [-0.3, -0.25) is 4.40 Å². The molecule has 0 atom stereocenters. The van der Waals surface area contributed by atoms with Crippen molar-refractivity contribution in [1.82, 2.24) is 9.38 Å². The topological polar surface area (TPSA) is 55.3 Å². The number of fused-ring (bicyclic) bond motifs is 1. The summed E-state index contributed by atoms with van der Waals surface area (Å²) in [6.07, 6.45) is 0. The Bertz CT molecular complexity index is 1100. The van der Waals surface area contributed by atoms with E-state index in [4.69, 9.17) is 17.3 Å². The van der Waals surface area contributed by atoms with Crippen LogP contribution in [0.5, 0.6) is 0 Å². The van der Waals surface area contributed by atoms with Gasteiger partial charge in [-0.2, -0.15) is 0 Å². The van der Waals surface area contributed by atoms with Gasteiger partial charge in [-0.25, -0.2) is 9.37 Å². The van der Waals surface area contributed by atoms with Crippen LogP contribution in [-0.4, -0.2) is 9.38 Å². The first-order chi connectivity index (χ1) is 12.6. The number of hydrogen-bond acceptors (Lipinski definition) is 3. The predicted octanol–water partition coefficient (Wildman–Crippen LogP) is 5.43. The molecular weight excluding hydrogens is 351 g/mol. The highest BCUT2D eigenvalue weighted by molar-refractivity contribution is 6.34. The molecule has 2 heterocycles. The van der Waals surface area contributed by atoms with Crippen LogP contribution < -0.4 is 11.1 Å². The highest BCUT2D eigenvalue weighted by atomic mass is 35.5. The summed E-state index contributed by atoms with van der Waals surface area (Å²) in [5.74, 6) is 0.270. The van der Waals surface area contributed by atoms with E-state index in [1.807, 2.05) is 29.5 Å². The number of pyridine rings is 1. The standard InChI is InChI=1S/C20H16ClFN4/c1-12-6-4-11-17-24-18(13-7-2-3-9-15(13)22)20(26(12)17)25-19-14(21)8-5-10-16(19)23/h2-11,25H,23H2,1H3. The Hall–Kier alpha value is -3.05. The normalized spacial score (nSPS) is 11.0. The van der Waals surface area contributed by atoms with Crippen molar-refractivity contribution >= 4 is 34.4 Å². The molecular formula is C20H16ClFN4. The number of nitrogens with two attached hydrogens (primary N) is 1. The number of imidazole rings is 1. The van der Waals surface area contributed by atoms with E-state index in [2.05, 4.69) is 10.3 Å². The molecule has 0 fully saturated rings. The number of nitrogen functional groups attached to an aromatic ring is 1. The summed E-state index contributed by atoms with van der Waals surface area (Å²) in [5, 5.41) is 3.76. The summed E-state index contributed by atoms with van der Waals surface area (Å²) < 4.78 is 16.4. The highest BCUT2D eigenvalue weighted by Gasteiger charge is 2.19. The first-order valence-electron chi connectivity index (χ1n) is 8.10. The second kappa shape index (κ2) is 6.35. The lowest BCUT2D eigenvalue weighted by Crippen LogP contribution is -2.03. The van der Waals surface area contributed by atoms with Crippen molar-refractivity contribution in [3.05, 3.63) is 77.2 Å². The predicted molar refractivity (Wildman–Crippen MR) is 104 cm³/mol. The van der Waals surface area contributed by atoms with Crippen molar-refractivity contribution in [2.45, 2.75) is 6.92 Å². The van der Waals surface area contributed by atoms with Gasteiger partial charge in [0.05, 0.1) is 16.4 Å². The number of hydrogen-bond donors (Lipinski definition) is 2. The minimum absolute atomic E-state index is 0.344. The van der Waals surface area contributed by atoms with E-state index in [-0.39, 0.29) is 5.82 Å². The van der Waals surface area contributed by atoms with Crippen molar-refractivity contribution in [3.63, 3.8) is 0 Å². The first-order valence-corrected chi connectivity index (χ1v) is 8.48. The molecule has 26 heavy (non-hydrogen) atoms. The molecule has 0 bridgehead atoms. The van der Waals surface area contributed by atoms with Crippen LogP contribution in [0, 0.1) is 12.7 Å². The van der Waals surface area contributed by atoms with Gasteiger partial charge in [-0.1, -0.05) is 35.9 Å². The number of aryl methyl sites for hydroxylation is 1. The average molecular weight is 367 g/mol. The van der Waals surface area contributed by atoms with E-state index in [0.29, 0.717) is 39.1 Å². The number of anilines is 3.